The highest BCUT2D eigenvalue weighted by atomic mass is 32.2. The highest BCUT2D eigenvalue weighted by Gasteiger charge is 2.32. The zero-order chi connectivity index (χ0) is 28.1. The summed E-state index contributed by atoms with van der Waals surface area (Å²) in [6.45, 7) is 0. The number of carbonyl (C=O) groups is 1. The van der Waals surface area contributed by atoms with Gasteiger partial charge in [0.25, 0.3) is 6.43 Å². The van der Waals surface area contributed by atoms with E-state index in [2.05, 4.69) is 10.9 Å². The molecule has 2 aromatic carbocycles. The maximum Gasteiger partial charge on any atom is 0.355 e. The van der Waals surface area contributed by atoms with Crippen LogP contribution < -0.4 is 4.18 Å². The van der Waals surface area contributed by atoms with Gasteiger partial charge in [-0.3, -0.25) is 0 Å². The van der Waals surface area contributed by atoms with Gasteiger partial charge in [0, 0.05) is 22.9 Å². The molecule has 0 amide bonds. The summed E-state index contributed by atoms with van der Waals surface area (Å²) >= 11 is -0.774. The molecule has 1 aliphatic carbocycles. The largest absolute Gasteiger partial charge is 0.476 e. The first kappa shape index (κ1) is 26.2. The molecule has 40 heavy (non-hydrogen) atoms. The third-order valence-corrected chi connectivity index (χ3v) is 8.38. The third-order valence-electron chi connectivity index (χ3n) is 6.50. The molecule has 1 atom stereocenters. The molecule has 0 spiro atoms. The van der Waals surface area contributed by atoms with E-state index in [1.807, 2.05) is 0 Å². The van der Waals surface area contributed by atoms with Crippen molar-refractivity contribution in [3.8, 4) is 34.0 Å². The van der Waals surface area contributed by atoms with E-state index in [0.29, 0.717) is 45.5 Å². The zero-order valence-corrected chi connectivity index (χ0v) is 21.9. The topological polar surface area (TPSA) is 94.3 Å². The van der Waals surface area contributed by atoms with Gasteiger partial charge in [-0.15, -0.1) is 11.3 Å². The number of thiazole rings is 1. The zero-order valence-electron chi connectivity index (χ0n) is 20.3. The molecule has 1 unspecified atom stereocenters. The van der Waals surface area contributed by atoms with Gasteiger partial charge in [-0.25, -0.2) is 27.5 Å². The molecular weight excluding hydrogens is 570 g/mol. The number of carboxylic acids is 1. The Morgan fingerprint density at radius 3 is 2.67 bits per heavy atom. The molecule has 1 aliphatic heterocycles. The lowest BCUT2D eigenvalue weighted by Gasteiger charge is -2.19. The smallest absolute Gasteiger partial charge is 0.355 e. The molecule has 2 aromatic heterocycles. The Balaban J connectivity index is 1.53. The molecule has 0 saturated heterocycles. The lowest BCUT2D eigenvalue weighted by atomic mass is 9.96. The molecule has 4 aromatic rings. The van der Waals surface area contributed by atoms with E-state index in [4.69, 9.17) is 9.28 Å². The van der Waals surface area contributed by atoms with Crippen molar-refractivity contribution < 1.29 is 35.9 Å². The Hall–Kier alpha value is -4.02. The number of halogens is 4. The molecular formula is C27H17F4N3O4S2. The Morgan fingerprint density at radius 1 is 1.23 bits per heavy atom. The Labute approximate surface area is 231 Å². The molecule has 1 saturated carbocycles. The van der Waals surface area contributed by atoms with Crippen molar-refractivity contribution in [2.45, 2.75) is 37.0 Å². The number of benzene rings is 2. The molecule has 1 fully saturated rings. The van der Waals surface area contributed by atoms with Crippen LogP contribution in [0.3, 0.4) is 0 Å². The highest BCUT2D eigenvalue weighted by Crippen LogP contribution is 2.40. The lowest BCUT2D eigenvalue weighted by molar-refractivity contribution is 0.0691. The minimum absolute atomic E-state index is 0.0114. The fourth-order valence-electron chi connectivity index (χ4n) is 4.47. The summed E-state index contributed by atoms with van der Waals surface area (Å²) in [5.74, 6) is 1.68. The number of aromatic carboxylic acids is 1. The predicted octanol–water partition coefficient (Wildman–Crippen LogP) is 5.55. The van der Waals surface area contributed by atoms with E-state index in [9.17, 15) is 31.7 Å². The SMILES string of the molecule is O=C(O)c1csc(-n2nc(-c3ccc(F)c(C#CC(F)F)c3)c(Cc3cc(F)c4c(c3)OS4=O)c2CC2CC2)n1. The summed E-state index contributed by atoms with van der Waals surface area (Å²) in [7, 11) is 0. The number of hydrogen-bond acceptors (Lipinski definition) is 6. The molecule has 1 N–H and O–H groups in total. The Morgan fingerprint density at radius 2 is 2.02 bits per heavy atom. The van der Waals surface area contributed by atoms with Crippen LogP contribution >= 0.6 is 11.3 Å². The van der Waals surface area contributed by atoms with Crippen molar-refractivity contribution >= 4 is 28.4 Å². The second-order valence-corrected chi connectivity index (χ2v) is 11.2. The number of fused-ring (bicyclic) bond motifs is 1. The van der Waals surface area contributed by atoms with Crippen LogP contribution in [0.15, 0.2) is 40.6 Å². The number of rotatable bonds is 7. The molecule has 6 rings (SSSR count). The standard InChI is InChI=1S/C27H17F4N3O4S2/c28-18-5-3-16(11-15(18)4-6-23(30)31)24-17(7-14-8-19(29)25-22(10-14)38-40(25)37)21(9-13-1-2-13)34(33-24)27-32-20(12-39-27)26(35)36/h3,5,8,10-13,23H,1-2,7,9H2,(H,35,36). The van der Waals surface area contributed by atoms with Gasteiger partial charge in [0.1, 0.15) is 11.6 Å². The Kier molecular flexibility index (Phi) is 6.67. The van der Waals surface area contributed by atoms with Crippen molar-refractivity contribution in [3.05, 3.63) is 75.4 Å². The van der Waals surface area contributed by atoms with Crippen LogP contribution in [0, 0.1) is 29.4 Å². The molecule has 0 bridgehead atoms. The van der Waals surface area contributed by atoms with Crippen LogP contribution in [0.1, 0.15) is 45.7 Å². The summed E-state index contributed by atoms with van der Waals surface area (Å²) in [6.07, 6.45) is -0.273. The van der Waals surface area contributed by atoms with Crippen LogP contribution in [0.2, 0.25) is 0 Å². The van der Waals surface area contributed by atoms with Crippen molar-refractivity contribution in [1.29, 1.82) is 0 Å². The quantitative estimate of drug-likeness (QED) is 0.225. The fraction of sp³-hybridized carbons (Fsp3) is 0.222. The number of hydrogen-bond donors (Lipinski definition) is 1. The van der Waals surface area contributed by atoms with Crippen LogP contribution in [0.4, 0.5) is 17.6 Å². The predicted molar refractivity (Wildman–Crippen MR) is 137 cm³/mol. The third kappa shape index (κ3) is 5.00. The van der Waals surface area contributed by atoms with E-state index in [1.165, 1.54) is 28.3 Å². The van der Waals surface area contributed by atoms with Gasteiger partial charge in [-0.1, -0.05) is 5.92 Å². The average Bonchev–Trinajstić information content (AvgIpc) is 3.45. The van der Waals surface area contributed by atoms with Gasteiger partial charge in [-0.05, 0) is 67.0 Å². The summed E-state index contributed by atoms with van der Waals surface area (Å²) in [5.41, 5.74) is 2.18. The fourth-order valence-corrected chi connectivity index (χ4v) is 5.98. The monoisotopic (exact) mass is 587 g/mol. The van der Waals surface area contributed by atoms with Gasteiger partial charge in [0.15, 0.2) is 16.3 Å². The first-order valence-corrected chi connectivity index (χ1v) is 14.0. The summed E-state index contributed by atoms with van der Waals surface area (Å²) in [5, 5.41) is 15.8. The second kappa shape index (κ2) is 10.2. The number of alkyl halides is 2. The maximum atomic E-state index is 14.7. The van der Waals surface area contributed by atoms with Crippen LogP contribution in [-0.4, -0.2) is 36.5 Å². The van der Waals surface area contributed by atoms with E-state index >= 15 is 0 Å². The van der Waals surface area contributed by atoms with Crippen molar-refractivity contribution in [3.63, 3.8) is 0 Å². The number of carboxylic acid groups (broad SMARTS) is 1. The summed E-state index contributed by atoms with van der Waals surface area (Å²) < 4.78 is 72.9. The Bertz CT molecular complexity index is 1750. The molecule has 204 valence electrons. The minimum atomic E-state index is -2.95. The van der Waals surface area contributed by atoms with Gasteiger partial charge in [0.05, 0.1) is 17.0 Å². The summed E-state index contributed by atoms with van der Waals surface area (Å²) in [4.78, 5) is 15.7. The number of nitrogens with zero attached hydrogens (tertiary/aromatic N) is 3. The molecule has 2 aliphatic rings. The first-order valence-electron chi connectivity index (χ1n) is 12.0. The average molecular weight is 588 g/mol. The van der Waals surface area contributed by atoms with Crippen LogP contribution in [0.5, 0.6) is 5.75 Å². The number of aromatic nitrogens is 3. The van der Waals surface area contributed by atoms with Gasteiger partial charge in [0.2, 0.25) is 16.2 Å². The van der Waals surface area contributed by atoms with E-state index in [-0.39, 0.29) is 28.3 Å². The normalized spacial score (nSPS) is 15.7. The molecule has 13 heteroatoms. The van der Waals surface area contributed by atoms with E-state index in [1.54, 1.807) is 12.0 Å². The van der Waals surface area contributed by atoms with E-state index in [0.717, 1.165) is 30.2 Å². The van der Waals surface area contributed by atoms with Gasteiger partial charge in [-0.2, -0.15) is 13.9 Å². The van der Waals surface area contributed by atoms with Crippen molar-refractivity contribution in [2.24, 2.45) is 5.92 Å². The molecule has 3 heterocycles. The van der Waals surface area contributed by atoms with Crippen LogP contribution in [0.25, 0.3) is 16.4 Å². The summed E-state index contributed by atoms with van der Waals surface area (Å²) in [6, 6.07) is 6.70. The van der Waals surface area contributed by atoms with Crippen LogP contribution in [-0.2, 0) is 23.9 Å². The van der Waals surface area contributed by atoms with Crippen molar-refractivity contribution in [1.82, 2.24) is 14.8 Å². The van der Waals surface area contributed by atoms with Crippen molar-refractivity contribution in [2.75, 3.05) is 0 Å². The minimum Gasteiger partial charge on any atom is -0.476 e. The highest BCUT2D eigenvalue weighted by molar-refractivity contribution is 7.82. The van der Waals surface area contributed by atoms with E-state index < -0.39 is 35.1 Å². The first-order chi connectivity index (χ1) is 19.2. The molecule has 0 radical (unpaired) electrons. The van der Waals surface area contributed by atoms with Gasteiger partial charge >= 0.3 is 5.97 Å². The van der Waals surface area contributed by atoms with Gasteiger partial charge < -0.3 is 9.29 Å². The maximum absolute atomic E-state index is 14.7. The lowest BCUT2D eigenvalue weighted by Crippen LogP contribution is -2.16. The second-order valence-electron chi connectivity index (χ2n) is 9.32. The molecule has 7 nitrogen and oxygen atoms in total.